The Labute approximate surface area is 139 Å². The van der Waals surface area contributed by atoms with Crippen LogP contribution in [-0.4, -0.2) is 22.2 Å². The van der Waals surface area contributed by atoms with Gasteiger partial charge in [0.1, 0.15) is 22.6 Å². The van der Waals surface area contributed by atoms with Gasteiger partial charge in [0.2, 0.25) is 5.91 Å². The molecular weight excluding hydrogens is 312 g/mol. The van der Waals surface area contributed by atoms with Gasteiger partial charge in [-0.2, -0.15) is 0 Å². The summed E-state index contributed by atoms with van der Waals surface area (Å²) in [5, 5.41) is 13.9. The van der Waals surface area contributed by atoms with E-state index in [4.69, 9.17) is 4.74 Å². The number of nitro benzene ring substituents is 1. The number of carbonyl (C=O) groups is 2. The first-order chi connectivity index (χ1) is 11.4. The third-order valence-corrected chi connectivity index (χ3v) is 4.74. The summed E-state index contributed by atoms with van der Waals surface area (Å²) < 4.78 is 6.12. The molecule has 1 aliphatic carbocycles. The average Bonchev–Trinajstić information content (AvgIpc) is 2.72. The van der Waals surface area contributed by atoms with Crippen molar-refractivity contribution in [1.29, 1.82) is 0 Å². The van der Waals surface area contributed by atoms with E-state index in [9.17, 15) is 19.7 Å². The lowest BCUT2D eigenvalue weighted by Crippen LogP contribution is -2.41. The number of hydrogen-bond donors (Lipinski definition) is 1. The van der Waals surface area contributed by atoms with Crippen molar-refractivity contribution >= 4 is 23.1 Å². The summed E-state index contributed by atoms with van der Waals surface area (Å²) in [6, 6.07) is 2.98. The van der Waals surface area contributed by atoms with E-state index in [0.29, 0.717) is 0 Å². The zero-order valence-corrected chi connectivity index (χ0v) is 13.6. The molecule has 128 valence electrons. The number of benzene rings is 1. The van der Waals surface area contributed by atoms with Crippen LogP contribution in [0.2, 0.25) is 0 Å². The normalized spacial score (nSPS) is 19.1. The molecule has 24 heavy (non-hydrogen) atoms. The first-order valence-electron chi connectivity index (χ1n) is 8.23. The molecule has 1 spiro atoms. The van der Waals surface area contributed by atoms with Crippen LogP contribution in [0.3, 0.4) is 0 Å². The summed E-state index contributed by atoms with van der Waals surface area (Å²) in [6.45, 7) is 1.27. The summed E-state index contributed by atoms with van der Waals surface area (Å²) in [5.74, 6) is -0.450. The van der Waals surface area contributed by atoms with E-state index in [1.807, 2.05) is 0 Å². The molecule has 1 aliphatic heterocycles. The Morgan fingerprint density at radius 1 is 1.25 bits per heavy atom. The number of fused-ring (bicyclic) bond motifs is 1. The second-order valence-electron chi connectivity index (χ2n) is 6.57. The zero-order valence-electron chi connectivity index (χ0n) is 13.6. The van der Waals surface area contributed by atoms with E-state index in [1.165, 1.54) is 13.0 Å². The lowest BCUT2D eigenvalue weighted by Gasteiger charge is -2.37. The van der Waals surface area contributed by atoms with E-state index in [2.05, 4.69) is 5.32 Å². The maximum absolute atomic E-state index is 12.7. The van der Waals surface area contributed by atoms with Crippen molar-refractivity contribution in [2.45, 2.75) is 57.5 Å². The van der Waals surface area contributed by atoms with Crippen LogP contribution in [-0.2, 0) is 4.79 Å². The smallest absolute Gasteiger partial charge is 0.307 e. The van der Waals surface area contributed by atoms with Gasteiger partial charge in [-0.05, 0) is 37.8 Å². The molecule has 1 saturated carbocycles. The van der Waals surface area contributed by atoms with Gasteiger partial charge in [-0.15, -0.1) is 0 Å². The fourth-order valence-electron chi connectivity index (χ4n) is 3.71. The highest BCUT2D eigenvalue weighted by atomic mass is 16.6. The summed E-state index contributed by atoms with van der Waals surface area (Å²) >= 11 is 0. The predicted molar refractivity (Wildman–Crippen MR) is 87.4 cm³/mol. The highest BCUT2D eigenvalue weighted by Crippen LogP contribution is 2.46. The Morgan fingerprint density at radius 2 is 1.92 bits per heavy atom. The maximum Gasteiger partial charge on any atom is 0.307 e. The molecule has 1 amide bonds. The van der Waals surface area contributed by atoms with Crippen LogP contribution < -0.4 is 10.1 Å². The number of Topliss-reactive ketones (excluding diaryl/α,β-unsaturated/α-hetero) is 1. The third-order valence-electron chi connectivity index (χ3n) is 4.74. The minimum atomic E-state index is -0.629. The van der Waals surface area contributed by atoms with Crippen molar-refractivity contribution in [1.82, 2.24) is 0 Å². The Bertz CT molecular complexity index is 705. The van der Waals surface area contributed by atoms with Crippen molar-refractivity contribution in [3.63, 3.8) is 0 Å². The molecule has 7 nitrogen and oxygen atoms in total. The van der Waals surface area contributed by atoms with Crippen molar-refractivity contribution < 1.29 is 19.2 Å². The lowest BCUT2D eigenvalue weighted by molar-refractivity contribution is -0.384. The molecular formula is C17H20N2O5. The number of rotatable bonds is 2. The van der Waals surface area contributed by atoms with Gasteiger partial charge in [-0.3, -0.25) is 19.7 Å². The molecule has 0 atom stereocenters. The number of carbonyl (C=O) groups excluding carboxylic acids is 2. The number of anilines is 1. The SMILES string of the molecule is CC(=O)Nc1ccc2c(c1[N+](=O)[O-])C(=O)CC1(CCCCCC1)O2. The largest absolute Gasteiger partial charge is 0.486 e. The van der Waals surface area contributed by atoms with Gasteiger partial charge in [0.25, 0.3) is 0 Å². The molecule has 0 aromatic heterocycles. The molecule has 0 saturated heterocycles. The highest BCUT2D eigenvalue weighted by molar-refractivity contribution is 6.07. The second kappa shape index (κ2) is 6.22. The van der Waals surface area contributed by atoms with Crippen LogP contribution >= 0.6 is 0 Å². The molecule has 0 unspecified atom stereocenters. The topological polar surface area (TPSA) is 98.5 Å². The third kappa shape index (κ3) is 2.98. The van der Waals surface area contributed by atoms with Gasteiger partial charge < -0.3 is 10.1 Å². The van der Waals surface area contributed by atoms with Crippen LogP contribution in [0.1, 0.15) is 62.2 Å². The number of hydrogen-bond acceptors (Lipinski definition) is 5. The van der Waals surface area contributed by atoms with Crippen molar-refractivity contribution in [3.8, 4) is 5.75 Å². The first-order valence-corrected chi connectivity index (χ1v) is 8.23. The van der Waals surface area contributed by atoms with Crippen LogP contribution in [0.5, 0.6) is 5.75 Å². The van der Waals surface area contributed by atoms with Crippen molar-refractivity contribution in [2.24, 2.45) is 0 Å². The Balaban J connectivity index is 2.05. The number of nitrogens with zero attached hydrogens (tertiary/aromatic N) is 1. The van der Waals surface area contributed by atoms with Gasteiger partial charge in [-0.25, -0.2) is 0 Å². The van der Waals surface area contributed by atoms with Crippen LogP contribution in [0.4, 0.5) is 11.4 Å². The minimum absolute atomic E-state index is 0.0267. The van der Waals surface area contributed by atoms with E-state index in [1.54, 1.807) is 6.07 Å². The first kappa shape index (κ1) is 16.4. The number of ether oxygens (including phenoxy) is 1. The second-order valence-corrected chi connectivity index (χ2v) is 6.57. The van der Waals surface area contributed by atoms with Gasteiger partial charge in [0.05, 0.1) is 11.3 Å². The van der Waals surface area contributed by atoms with Crippen LogP contribution in [0, 0.1) is 10.1 Å². The van der Waals surface area contributed by atoms with Gasteiger partial charge in [-0.1, -0.05) is 12.8 Å². The van der Waals surface area contributed by atoms with E-state index in [-0.39, 0.29) is 34.9 Å². The van der Waals surface area contributed by atoms with Crippen molar-refractivity contribution in [2.75, 3.05) is 5.32 Å². The lowest BCUT2D eigenvalue weighted by atomic mass is 9.83. The molecule has 1 aromatic carbocycles. The van der Waals surface area contributed by atoms with Gasteiger partial charge >= 0.3 is 5.69 Å². The molecule has 2 aliphatic rings. The molecule has 1 heterocycles. The van der Waals surface area contributed by atoms with E-state index >= 15 is 0 Å². The standard InChI is InChI=1S/C17H20N2O5/c1-11(20)18-12-6-7-14-15(16(12)19(22)23)13(21)10-17(24-14)8-4-2-3-5-9-17/h6-7H,2-5,8-10H2,1H3,(H,18,20). The number of amides is 1. The highest BCUT2D eigenvalue weighted by Gasteiger charge is 2.44. The summed E-state index contributed by atoms with van der Waals surface area (Å²) in [6.07, 6.45) is 5.97. The fraction of sp³-hybridized carbons (Fsp3) is 0.529. The summed E-state index contributed by atoms with van der Waals surface area (Å²) in [5.41, 5.74) is -0.915. The molecule has 0 radical (unpaired) electrons. The van der Waals surface area contributed by atoms with Crippen LogP contribution in [0.15, 0.2) is 12.1 Å². The Kier molecular flexibility index (Phi) is 4.26. The number of nitro groups is 1. The monoisotopic (exact) mass is 332 g/mol. The molecule has 7 heteroatoms. The molecule has 0 bridgehead atoms. The fourth-order valence-corrected chi connectivity index (χ4v) is 3.71. The predicted octanol–water partition coefficient (Wildman–Crippen LogP) is 3.61. The Morgan fingerprint density at radius 3 is 2.50 bits per heavy atom. The summed E-state index contributed by atoms with van der Waals surface area (Å²) in [4.78, 5) is 34.9. The number of ketones is 1. The van der Waals surface area contributed by atoms with Gasteiger partial charge in [0.15, 0.2) is 5.78 Å². The van der Waals surface area contributed by atoms with Gasteiger partial charge in [0, 0.05) is 6.92 Å². The Hall–Kier alpha value is -2.44. The minimum Gasteiger partial charge on any atom is -0.486 e. The molecule has 1 N–H and O–H groups in total. The quantitative estimate of drug-likeness (QED) is 0.659. The molecule has 1 fully saturated rings. The van der Waals surface area contributed by atoms with E-state index in [0.717, 1.165) is 38.5 Å². The van der Waals surface area contributed by atoms with Crippen LogP contribution in [0.25, 0.3) is 0 Å². The maximum atomic E-state index is 12.7. The molecule has 3 rings (SSSR count). The average molecular weight is 332 g/mol. The number of nitrogens with one attached hydrogen (secondary N) is 1. The molecule has 1 aromatic rings. The zero-order chi connectivity index (χ0) is 17.3. The summed E-state index contributed by atoms with van der Waals surface area (Å²) in [7, 11) is 0. The van der Waals surface area contributed by atoms with Crippen molar-refractivity contribution in [3.05, 3.63) is 27.8 Å². The van der Waals surface area contributed by atoms with E-state index < -0.39 is 16.4 Å².